The van der Waals surface area contributed by atoms with Crippen LogP contribution in [0.2, 0.25) is 0 Å². The first-order valence-corrected chi connectivity index (χ1v) is 10.6. The minimum Gasteiger partial charge on any atom is -0.490 e. The maximum atomic E-state index is 12.5. The van der Waals surface area contributed by atoms with Crippen molar-refractivity contribution in [1.29, 1.82) is 0 Å². The number of amides is 1. The van der Waals surface area contributed by atoms with Crippen LogP contribution in [0.15, 0.2) is 60.0 Å². The van der Waals surface area contributed by atoms with Gasteiger partial charge in [0.15, 0.2) is 11.5 Å². The summed E-state index contributed by atoms with van der Waals surface area (Å²) in [5.41, 5.74) is 1.61. The van der Waals surface area contributed by atoms with Crippen molar-refractivity contribution >= 4 is 46.0 Å². The van der Waals surface area contributed by atoms with Crippen LogP contribution in [0.3, 0.4) is 0 Å². The van der Waals surface area contributed by atoms with Gasteiger partial charge >= 0.3 is 0 Å². The Morgan fingerprint density at radius 1 is 1.19 bits per heavy atom. The molecule has 1 saturated heterocycles. The number of nitrogens with zero attached hydrogens (tertiary/aromatic N) is 2. The van der Waals surface area contributed by atoms with E-state index < -0.39 is 4.92 Å². The molecule has 160 valence electrons. The molecule has 0 N–H and O–H groups in total. The van der Waals surface area contributed by atoms with E-state index in [0.29, 0.717) is 33.9 Å². The van der Waals surface area contributed by atoms with Crippen molar-refractivity contribution in [3.63, 3.8) is 0 Å². The molecule has 1 heterocycles. The molecule has 3 rings (SSSR count). The molecule has 0 unspecified atom stereocenters. The maximum absolute atomic E-state index is 12.5. The SMILES string of the molecule is C=CCN1C(=O)C(=Cc2ccc(OCc3ccc([N+](=O)[O-])cc3)c(OCC)c2)SC1=S. The van der Waals surface area contributed by atoms with Crippen LogP contribution in [0.5, 0.6) is 11.5 Å². The number of hydrogen-bond donors (Lipinski definition) is 0. The Morgan fingerprint density at radius 3 is 2.58 bits per heavy atom. The lowest BCUT2D eigenvalue weighted by atomic mass is 10.1. The second kappa shape index (κ2) is 10.2. The number of thiocarbonyl (C=S) groups is 1. The van der Waals surface area contributed by atoms with Gasteiger partial charge in [0.25, 0.3) is 11.6 Å². The van der Waals surface area contributed by atoms with E-state index in [4.69, 9.17) is 21.7 Å². The first-order valence-electron chi connectivity index (χ1n) is 9.42. The molecular formula is C22H20N2O5S2. The van der Waals surface area contributed by atoms with Crippen LogP contribution in [-0.4, -0.2) is 33.2 Å². The van der Waals surface area contributed by atoms with E-state index >= 15 is 0 Å². The van der Waals surface area contributed by atoms with Crippen molar-refractivity contribution in [2.75, 3.05) is 13.2 Å². The Bertz CT molecular complexity index is 1050. The third-order valence-corrected chi connectivity index (χ3v) is 5.67. The summed E-state index contributed by atoms with van der Waals surface area (Å²) in [7, 11) is 0. The largest absolute Gasteiger partial charge is 0.490 e. The van der Waals surface area contributed by atoms with Gasteiger partial charge in [-0.3, -0.25) is 19.8 Å². The summed E-state index contributed by atoms with van der Waals surface area (Å²) in [6.45, 7) is 6.57. The zero-order chi connectivity index (χ0) is 22.4. The van der Waals surface area contributed by atoms with E-state index in [9.17, 15) is 14.9 Å². The molecule has 0 radical (unpaired) electrons. The number of non-ortho nitro benzene ring substituents is 1. The molecule has 2 aromatic rings. The van der Waals surface area contributed by atoms with Crippen molar-refractivity contribution in [1.82, 2.24) is 4.90 Å². The Labute approximate surface area is 189 Å². The zero-order valence-corrected chi connectivity index (χ0v) is 18.4. The summed E-state index contributed by atoms with van der Waals surface area (Å²) in [4.78, 5) is 24.9. The fourth-order valence-corrected chi connectivity index (χ4v) is 4.09. The molecule has 1 amide bonds. The van der Waals surface area contributed by atoms with Crippen LogP contribution in [0.1, 0.15) is 18.1 Å². The summed E-state index contributed by atoms with van der Waals surface area (Å²) in [5.74, 6) is 0.933. The van der Waals surface area contributed by atoms with Gasteiger partial charge < -0.3 is 9.47 Å². The number of ether oxygens (including phenoxy) is 2. The maximum Gasteiger partial charge on any atom is 0.269 e. The minimum absolute atomic E-state index is 0.0293. The van der Waals surface area contributed by atoms with E-state index in [2.05, 4.69) is 6.58 Å². The number of hydrogen-bond acceptors (Lipinski definition) is 7. The standard InChI is InChI=1S/C22H20N2O5S2/c1-3-11-23-21(25)20(31-22(23)30)13-16-7-10-18(19(12-16)28-4-2)29-14-15-5-8-17(9-6-15)24(26)27/h3,5-10,12-13H,1,4,11,14H2,2H3. The first kappa shape index (κ1) is 22.5. The van der Waals surface area contributed by atoms with Gasteiger partial charge in [0.05, 0.1) is 16.4 Å². The van der Waals surface area contributed by atoms with Crippen LogP contribution in [0.25, 0.3) is 6.08 Å². The van der Waals surface area contributed by atoms with Gasteiger partial charge in [-0.1, -0.05) is 36.1 Å². The van der Waals surface area contributed by atoms with Crippen molar-refractivity contribution in [2.24, 2.45) is 0 Å². The van der Waals surface area contributed by atoms with Gasteiger partial charge in [-0.2, -0.15) is 0 Å². The highest BCUT2D eigenvalue weighted by Gasteiger charge is 2.31. The number of nitro groups is 1. The summed E-state index contributed by atoms with van der Waals surface area (Å²) >= 11 is 6.52. The molecule has 9 heteroatoms. The van der Waals surface area contributed by atoms with E-state index in [1.54, 1.807) is 36.4 Å². The molecular weight excluding hydrogens is 436 g/mol. The van der Waals surface area contributed by atoms with Crippen molar-refractivity contribution < 1.29 is 19.2 Å². The average Bonchev–Trinajstić information content (AvgIpc) is 3.01. The third kappa shape index (κ3) is 5.50. The van der Waals surface area contributed by atoms with Crippen LogP contribution in [-0.2, 0) is 11.4 Å². The van der Waals surface area contributed by atoms with Crippen LogP contribution in [0, 0.1) is 10.1 Å². The Morgan fingerprint density at radius 2 is 1.94 bits per heavy atom. The molecule has 0 aliphatic carbocycles. The second-order valence-corrected chi connectivity index (χ2v) is 8.11. The fourth-order valence-electron chi connectivity index (χ4n) is 2.81. The van der Waals surface area contributed by atoms with Gasteiger partial charge in [-0.05, 0) is 48.4 Å². The van der Waals surface area contributed by atoms with Gasteiger partial charge in [-0.25, -0.2) is 0 Å². The number of carbonyl (C=O) groups excluding carboxylic acids is 1. The molecule has 0 bridgehead atoms. The molecule has 31 heavy (non-hydrogen) atoms. The quantitative estimate of drug-likeness (QED) is 0.173. The fraction of sp³-hybridized carbons (Fsp3) is 0.182. The monoisotopic (exact) mass is 456 g/mol. The molecule has 2 aromatic carbocycles. The van der Waals surface area contributed by atoms with E-state index in [0.717, 1.165) is 11.1 Å². The molecule has 1 aliphatic heterocycles. The van der Waals surface area contributed by atoms with Gasteiger partial charge in [0.2, 0.25) is 0 Å². The lowest BCUT2D eigenvalue weighted by Crippen LogP contribution is -2.27. The van der Waals surface area contributed by atoms with Crippen molar-refractivity contribution in [2.45, 2.75) is 13.5 Å². The summed E-state index contributed by atoms with van der Waals surface area (Å²) in [5, 5.41) is 10.8. The van der Waals surface area contributed by atoms with Crippen LogP contribution < -0.4 is 9.47 Å². The number of benzene rings is 2. The topological polar surface area (TPSA) is 81.9 Å². The smallest absolute Gasteiger partial charge is 0.269 e. The Hall–Kier alpha value is -3.17. The summed E-state index contributed by atoms with van der Waals surface area (Å²) in [6, 6.07) is 11.6. The number of carbonyl (C=O) groups is 1. The predicted molar refractivity (Wildman–Crippen MR) is 125 cm³/mol. The van der Waals surface area contributed by atoms with Gasteiger partial charge in [0.1, 0.15) is 10.9 Å². The normalized spacial score (nSPS) is 14.7. The third-order valence-electron chi connectivity index (χ3n) is 4.29. The molecule has 0 spiro atoms. The first-order chi connectivity index (χ1) is 14.9. The highest BCUT2D eigenvalue weighted by molar-refractivity contribution is 8.26. The second-order valence-electron chi connectivity index (χ2n) is 6.43. The number of thioether (sulfide) groups is 1. The molecule has 7 nitrogen and oxygen atoms in total. The lowest BCUT2D eigenvalue weighted by Gasteiger charge is -2.13. The molecule has 0 aromatic heterocycles. The summed E-state index contributed by atoms with van der Waals surface area (Å²) < 4.78 is 12.1. The molecule has 1 aliphatic rings. The van der Waals surface area contributed by atoms with E-state index in [-0.39, 0.29) is 18.2 Å². The average molecular weight is 457 g/mol. The van der Waals surface area contributed by atoms with Crippen molar-refractivity contribution in [3.8, 4) is 11.5 Å². The molecule has 1 fully saturated rings. The highest BCUT2D eigenvalue weighted by atomic mass is 32.2. The Balaban J connectivity index is 1.76. The van der Waals surface area contributed by atoms with E-state index in [1.807, 2.05) is 13.0 Å². The van der Waals surface area contributed by atoms with Crippen LogP contribution >= 0.6 is 24.0 Å². The summed E-state index contributed by atoms with van der Waals surface area (Å²) in [6.07, 6.45) is 3.41. The number of nitro benzene ring substituents is 1. The highest BCUT2D eigenvalue weighted by Crippen LogP contribution is 2.35. The molecule has 0 saturated carbocycles. The molecule has 0 atom stereocenters. The predicted octanol–water partition coefficient (Wildman–Crippen LogP) is 4.96. The minimum atomic E-state index is -0.443. The lowest BCUT2D eigenvalue weighted by molar-refractivity contribution is -0.384. The Kier molecular flexibility index (Phi) is 7.43. The number of rotatable bonds is 9. The zero-order valence-electron chi connectivity index (χ0n) is 16.8. The van der Waals surface area contributed by atoms with Crippen LogP contribution in [0.4, 0.5) is 5.69 Å². The van der Waals surface area contributed by atoms with Crippen molar-refractivity contribution in [3.05, 3.63) is 81.3 Å². The van der Waals surface area contributed by atoms with Gasteiger partial charge in [-0.15, -0.1) is 6.58 Å². The van der Waals surface area contributed by atoms with E-state index in [1.165, 1.54) is 28.8 Å². The van der Waals surface area contributed by atoms with Gasteiger partial charge in [0, 0.05) is 18.7 Å².